The van der Waals surface area contributed by atoms with Crippen molar-refractivity contribution in [2.45, 2.75) is 13.3 Å². The number of carbonyl (C=O) groups is 3. The van der Waals surface area contributed by atoms with Gasteiger partial charge in [-0.1, -0.05) is 49.4 Å². The van der Waals surface area contributed by atoms with E-state index >= 15 is 0 Å². The van der Waals surface area contributed by atoms with Gasteiger partial charge in [-0.25, -0.2) is 4.79 Å². The molecule has 0 saturated carbocycles. The van der Waals surface area contributed by atoms with E-state index in [1.54, 1.807) is 18.2 Å². The van der Waals surface area contributed by atoms with Gasteiger partial charge in [-0.15, -0.1) is 0 Å². The lowest BCUT2D eigenvalue weighted by Gasteiger charge is -2.20. The summed E-state index contributed by atoms with van der Waals surface area (Å²) in [5, 5.41) is 2.36. The average Bonchev–Trinajstić information content (AvgIpc) is 2.64. The zero-order chi connectivity index (χ0) is 18.2. The molecular formula is C19H21N3O3. The number of amides is 4. The predicted molar refractivity (Wildman–Crippen MR) is 95.8 cm³/mol. The number of hydrogen-bond acceptors (Lipinski definition) is 3. The highest BCUT2D eigenvalue weighted by molar-refractivity contribution is 6.05. The molecule has 0 saturated heterocycles. The fraction of sp³-hybridized carbons (Fsp3) is 0.211. The summed E-state index contributed by atoms with van der Waals surface area (Å²) in [5.41, 5.74) is 7.31. The van der Waals surface area contributed by atoms with Gasteiger partial charge < -0.3 is 11.1 Å². The minimum absolute atomic E-state index is 0.249. The topological polar surface area (TPSA) is 92.5 Å². The van der Waals surface area contributed by atoms with Gasteiger partial charge in [0.1, 0.15) is 0 Å². The lowest BCUT2D eigenvalue weighted by Crippen LogP contribution is -2.46. The van der Waals surface area contributed by atoms with Crippen molar-refractivity contribution in [1.82, 2.24) is 10.2 Å². The van der Waals surface area contributed by atoms with Crippen LogP contribution in [0.4, 0.5) is 4.79 Å². The molecule has 0 aliphatic heterocycles. The third-order valence-electron chi connectivity index (χ3n) is 3.57. The Balaban J connectivity index is 2.24. The molecule has 0 radical (unpaired) electrons. The third kappa shape index (κ3) is 4.91. The largest absolute Gasteiger partial charge is 0.368 e. The summed E-state index contributed by atoms with van der Waals surface area (Å²) in [6.07, 6.45) is 0.605. The highest BCUT2D eigenvalue weighted by Gasteiger charge is 2.22. The van der Waals surface area contributed by atoms with Crippen LogP contribution >= 0.6 is 0 Å². The Hall–Kier alpha value is -3.15. The van der Waals surface area contributed by atoms with E-state index in [-0.39, 0.29) is 13.1 Å². The van der Waals surface area contributed by atoms with Crippen LogP contribution in [0.25, 0.3) is 11.1 Å². The van der Waals surface area contributed by atoms with Gasteiger partial charge in [-0.05, 0) is 29.7 Å². The highest BCUT2D eigenvalue weighted by Crippen LogP contribution is 2.20. The molecule has 2 rings (SSSR count). The number of nitrogens with one attached hydrogen (secondary N) is 1. The van der Waals surface area contributed by atoms with Gasteiger partial charge in [-0.3, -0.25) is 14.5 Å². The summed E-state index contributed by atoms with van der Waals surface area (Å²) in [6.45, 7) is 1.80. The Morgan fingerprint density at radius 2 is 1.68 bits per heavy atom. The van der Waals surface area contributed by atoms with Gasteiger partial charge in [0, 0.05) is 12.1 Å². The van der Waals surface area contributed by atoms with Crippen LogP contribution in [0.15, 0.2) is 54.6 Å². The summed E-state index contributed by atoms with van der Waals surface area (Å²) >= 11 is 0. The first kappa shape index (κ1) is 18.2. The van der Waals surface area contributed by atoms with Crippen molar-refractivity contribution in [1.29, 1.82) is 0 Å². The SMILES string of the molecule is CCCN(C(=O)NCC(N)=O)C(=O)c1cccc(-c2ccccc2)c1. The molecule has 130 valence electrons. The van der Waals surface area contributed by atoms with Crippen molar-refractivity contribution in [3.8, 4) is 11.1 Å². The fourth-order valence-corrected chi connectivity index (χ4v) is 2.40. The molecule has 3 N–H and O–H groups in total. The van der Waals surface area contributed by atoms with Crippen molar-refractivity contribution < 1.29 is 14.4 Å². The highest BCUT2D eigenvalue weighted by atomic mass is 16.2. The summed E-state index contributed by atoms with van der Waals surface area (Å²) < 4.78 is 0. The zero-order valence-corrected chi connectivity index (χ0v) is 14.1. The van der Waals surface area contributed by atoms with Crippen LogP contribution in [0.5, 0.6) is 0 Å². The van der Waals surface area contributed by atoms with Crippen LogP contribution in [0.3, 0.4) is 0 Å². The molecule has 0 fully saturated rings. The second-order valence-corrected chi connectivity index (χ2v) is 5.53. The molecule has 0 unspecified atom stereocenters. The number of benzene rings is 2. The second-order valence-electron chi connectivity index (χ2n) is 5.53. The van der Waals surface area contributed by atoms with E-state index in [0.29, 0.717) is 12.0 Å². The molecule has 0 aromatic heterocycles. The maximum absolute atomic E-state index is 12.8. The number of carbonyl (C=O) groups excluding carboxylic acids is 3. The summed E-state index contributed by atoms with van der Waals surface area (Å²) in [5.74, 6) is -1.08. The van der Waals surface area contributed by atoms with Crippen LogP contribution < -0.4 is 11.1 Å². The van der Waals surface area contributed by atoms with Gasteiger partial charge in [0.2, 0.25) is 5.91 Å². The first-order valence-corrected chi connectivity index (χ1v) is 8.06. The minimum Gasteiger partial charge on any atom is -0.368 e. The van der Waals surface area contributed by atoms with Crippen molar-refractivity contribution in [2.75, 3.05) is 13.1 Å². The molecule has 0 aliphatic rings. The number of nitrogens with zero attached hydrogens (tertiary/aromatic N) is 1. The molecule has 0 spiro atoms. The third-order valence-corrected chi connectivity index (χ3v) is 3.57. The number of rotatable bonds is 6. The molecular weight excluding hydrogens is 318 g/mol. The molecule has 0 atom stereocenters. The zero-order valence-electron chi connectivity index (χ0n) is 14.1. The van der Waals surface area contributed by atoms with E-state index in [4.69, 9.17) is 5.73 Å². The number of imide groups is 1. The molecule has 6 heteroatoms. The van der Waals surface area contributed by atoms with Crippen molar-refractivity contribution in [3.63, 3.8) is 0 Å². The van der Waals surface area contributed by atoms with Gasteiger partial charge >= 0.3 is 6.03 Å². The lowest BCUT2D eigenvalue weighted by atomic mass is 10.0. The number of primary amides is 1. The van der Waals surface area contributed by atoms with Gasteiger partial charge in [0.05, 0.1) is 6.54 Å². The Morgan fingerprint density at radius 3 is 2.32 bits per heavy atom. The second kappa shape index (κ2) is 8.63. The van der Waals surface area contributed by atoms with Crippen molar-refractivity contribution >= 4 is 17.8 Å². The molecule has 6 nitrogen and oxygen atoms in total. The van der Waals surface area contributed by atoms with Crippen LogP contribution in [0.1, 0.15) is 23.7 Å². The van der Waals surface area contributed by atoms with E-state index in [1.807, 2.05) is 43.3 Å². The van der Waals surface area contributed by atoms with Crippen LogP contribution in [0.2, 0.25) is 0 Å². The minimum atomic E-state index is -0.664. The Morgan fingerprint density at radius 1 is 1.00 bits per heavy atom. The lowest BCUT2D eigenvalue weighted by molar-refractivity contribution is -0.117. The summed E-state index contributed by atoms with van der Waals surface area (Å²) in [4.78, 5) is 36.9. The maximum Gasteiger partial charge on any atom is 0.324 e. The first-order valence-electron chi connectivity index (χ1n) is 8.06. The summed E-state index contributed by atoms with van der Waals surface area (Å²) in [6, 6.07) is 16.1. The quantitative estimate of drug-likeness (QED) is 0.846. The molecule has 4 amide bonds. The molecule has 0 bridgehead atoms. The smallest absolute Gasteiger partial charge is 0.324 e. The van der Waals surface area contributed by atoms with Crippen LogP contribution in [-0.4, -0.2) is 35.8 Å². The average molecular weight is 339 g/mol. The van der Waals surface area contributed by atoms with Crippen molar-refractivity contribution in [3.05, 3.63) is 60.2 Å². The van der Waals surface area contributed by atoms with E-state index in [0.717, 1.165) is 16.0 Å². The van der Waals surface area contributed by atoms with E-state index in [9.17, 15) is 14.4 Å². The van der Waals surface area contributed by atoms with E-state index < -0.39 is 17.8 Å². The number of urea groups is 1. The first-order chi connectivity index (χ1) is 12.0. The number of hydrogen-bond donors (Lipinski definition) is 2. The Bertz CT molecular complexity index is 760. The molecule has 2 aromatic carbocycles. The van der Waals surface area contributed by atoms with Gasteiger partial charge in [0.25, 0.3) is 5.91 Å². The summed E-state index contributed by atoms with van der Waals surface area (Å²) in [7, 11) is 0. The normalized spacial score (nSPS) is 10.1. The van der Waals surface area contributed by atoms with Crippen LogP contribution in [0, 0.1) is 0 Å². The van der Waals surface area contributed by atoms with E-state index in [2.05, 4.69) is 5.32 Å². The molecule has 2 aromatic rings. The molecule has 25 heavy (non-hydrogen) atoms. The maximum atomic E-state index is 12.8. The molecule has 0 heterocycles. The Labute approximate surface area is 146 Å². The van der Waals surface area contributed by atoms with E-state index in [1.165, 1.54) is 0 Å². The van der Waals surface area contributed by atoms with Crippen LogP contribution in [-0.2, 0) is 4.79 Å². The fourth-order valence-electron chi connectivity index (χ4n) is 2.40. The monoisotopic (exact) mass is 339 g/mol. The van der Waals surface area contributed by atoms with Gasteiger partial charge in [0.15, 0.2) is 0 Å². The molecule has 0 aliphatic carbocycles. The predicted octanol–water partition coefficient (Wildman–Crippen LogP) is 2.40. The standard InChI is InChI=1S/C19H21N3O3/c1-2-11-22(19(25)21-13-17(20)23)18(24)16-10-6-9-15(12-16)14-7-4-3-5-8-14/h3-10,12H,2,11,13H2,1H3,(H2,20,23)(H,21,25). The Kier molecular flexibility index (Phi) is 6.28. The number of nitrogens with two attached hydrogens (primary N) is 1. The van der Waals surface area contributed by atoms with Crippen molar-refractivity contribution in [2.24, 2.45) is 5.73 Å². The van der Waals surface area contributed by atoms with Gasteiger partial charge in [-0.2, -0.15) is 0 Å².